The van der Waals surface area contributed by atoms with Gasteiger partial charge in [0.25, 0.3) is 5.91 Å². The van der Waals surface area contributed by atoms with Gasteiger partial charge in [-0.1, -0.05) is 24.3 Å². The van der Waals surface area contributed by atoms with Crippen LogP contribution in [-0.2, 0) is 0 Å². The molecule has 0 aliphatic heterocycles. The maximum Gasteiger partial charge on any atom is 0.275 e. The van der Waals surface area contributed by atoms with Crippen molar-refractivity contribution in [2.75, 3.05) is 6.61 Å². The zero-order chi connectivity index (χ0) is 19.4. The summed E-state index contributed by atoms with van der Waals surface area (Å²) in [5.41, 5.74) is 3.49. The lowest BCUT2D eigenvalue weighted by atomic mass is 10.1. The summed E-state index contributed by atoms with van der Waals surface area (Å²) in [7, 11) is 0. The van der Waals surface area contributed by atoms with Crippen LogP contribution in [0.2, 0.25) is 0 Å². The Morgan fingerprint density at radius 3 is 2.41 bits per heavy atom. The third-order valence-corrected chi connectivity index (χ3v) is 5.40. The van der Waals surface area contributed by atoms with Crippen LogP contribution in [0.1, 0.15) is 22.8 Å². The summed E-state index contributed by atoms with van der Waals surface area (Å²) in [6.45, 7) is 2.55. The van der Waals surface area contributed by atoms with E-state index in [2.05, 4.69) is 55.7 Å². The molecule has 0 saturated heterocycles. The van der Waals surface area contributed by atoms with Crippen LogP contribution in [-0.4, -0.2) is 23.8 Å². The Hall–Kier alpha value is -1.88. The molecule has 0 aliphatic rings. The van der Waals surface area contributed by atoms with E-state index in [-0.39, 0.29) is 11.3 Å². The molecule has 5 nitrogen and oxygen atoms in total. The smallest absolute Gasteiger partial charge is 0.275 e. The Bertz CT molecular complexity index is 1010. The summed E-state index contributed by atoms with van der Waals surface area (Å²) in [5.74, 6) is 0.303. The molecule has 0 spiro atoms. The van der Waals surface area contributed by atoms with E-state index in [1.165, 1.54) is 0 Å². The molecule has 3 aromatic rings. The first-order valence-electron chi connectivity index (χ1n) is 8.16. The molecule has 0 unspecified atom stereocenters. The van der Waals surface area contributed by atoms with Gasteiger partial charge in [0, 0.05) is 0 Å². The van der Waals surface area contributed by atoms with Crippen molar-refractivity contribution in [1.29, 1.82) is 0 Å². The van der Waals surface area contributed by atoms with E-state index in [4.69, 9.17) is 4.74 Å². The lowest BCUT2D eigenvalue weighted by Crippen LogP contribution is -2.17. The molecule has 7 heteroatoms. The third kappa shape index (κ3) is 4.70. The van der Waals surface area contributed by atoms with E-state index in [9.17, 15) is 9.90 Å². The topological polar surface area (TPSA) is 70.9 Å². The summed E-state index contributed by atoms with van der Waals surface area (Å²) in [5, 5.41) is 15.9. The number of nitrogens with one attached hydrogen (secondary N) is 1. The van der Waals surface area contributed by atoms with E-state index in [0.717, 1.165) is 29.2 Å². The van der Waals surface area contributed by atoms with E-state index in [1.54, 1.807) is 18.3 Å². The van der Waals surface area contributed by atoms with E-state index < -0.39 is 5.91 Å². The minimum Gasteiger partial charge on any atom is -0.507 e. The van der Waals surface area contributed by atoms with E-state index in [0.29, 0.717) is 6.61 Å². The molecule has 2 N–H and O–H groups in total. The Morgan fingerprint density at radius 1 is 1.15 bits per heavy atom. The fourth-order valence-corrected chi connectivity index (χ4v) is 4.70. The maximum absolute atomic E-state index is 12.4. The second-order valence-corrected chi connectivity index (χ2v) is 7.99. The summed E-state index contributed by atoms with van der Waals surface area (Å²) in [6.07, 6.45) is 1.57. The molecule has 0 fully saturated rings. The highest BCUT2D eigenvalue weighted by Crippen LogP contribution is 2.28. The van der Waals surface area contributed by atoms with E-state index >= 15 is 0 Å². The summed E-state index contributed by atoms with van der Waals surface area (Å²) in [6, 6.07) is 14.6. The van der Waals surface area contributed by atoms with Gasteiger partial charge in [0.15, 0.2) is 0 Å². The number of ether oxygens (including phenoxy) is 1. The highest BCUT2D eigenvalue weighted by atomic mass is 127. The number of hydrogen-bond donors (Lipinski definition) is 2. The van der Waals surface area contributed by atoms with E-state index in [1.807, 2.05) is 43.3 Å². The first kappa shape index (κ1) is 19.9. The third-order valence-electron chi connectivity index (χ3n) is 3.80. The van der Waals surface area contributed by atoms with Crippen LogP contribution in [0.4, 0.5) is 0 Å². The Kier molecular flexibility index (Phi) is 6.53. The van der Waals surface area contributed by atoms with Crippen molar-refractivity contribution in [3.8, 4) is 11.5 Å². The first-order valence-corrected chi connectivity index (χ1v) is 10.3. The average molecular weight is 586 g/mol. The Labute approximate surface area is 184 Å². The quantitative estimate of drug-likeness (QED) is 0.254. The summed E-state index contributed by atoms with van der Waals surface area (Å²) in [4.78, 5) is 12.4. The van der Waals surface area contributed by atoms with Gasteiger partial charge in [0.05, 0.1) is 25.5 Å². The minimum absolute atomic E-state index is 0.0773. The lowest BCUT2D eigenvalue weighted by Gasteiger charge is -2.09. The zero-order valence-electron chi connectivity index (χ0n) is 14.4. The lowest BCUT2D eigenvalue weighted by molar-refractivity contribution is 0.0952. The number of benzene rings is 3. The van der Waals surface area contributed by atoms with Gasteiger partial charge in [-0.05, 0) is 92.7 Å². The molecule has 27 heavy (non-hydrogen) atoms. The van der Waals surface area contributed by atoms with Crippen LogP contribution >= 0.6 is 45.2 Å². The van der Waals surface area contributed by atoms with Crippen LogP contribution in [0.25, 0.3) is 10.8 Å². The number of halogens is 2. The number of rotatable bonds is 5. The summed E-state index contributed by atoms with van der Waals surface area (Å²) < 4.78 is 7.56. The number of aromatic hydroxyl groups is 1. The fourth-order valence-electron chi connectivity index (χ4n) is 2.57. The molecule has 0 atom stereocenters. The van der Waals surface area contributed by atoms with Gasteiger partial charge in [-0.3, -0.25) is 4.79 Å². The fraction of sp³-hybridized carbons (Fsp3) is 0.100. The van der Waals surface area contributed by atoms with Gasteiger partial charge in [0.1, 0.15) is 11.5 Å². The van der Waals surface area contributed by atoms with Crippen molar-refractivity contribution >= 4 is 68.1 Å². The molecule has 3 aromatic carbocycles. The van der Waals surface area contributed by atoms with Crippen molar-refractivity contribution in [3.63, 3.8) is 0 Å². The SMILES string of the molecule is CCOc1c(I)cc(C=NNC(=O)c2cc3ccccc3cc2O)cc1I. The molecule has 0 saturated carbocycles. The molecular formula is C20H16I2N2O3. The largest absolute Gasteiger partial charge is 0.507 e. The predicted molar refractivity (Wildman–Crippen MR) is 124 cm³/mol. The number of phenols is 1. The Balaban J connectivity index is 1.77. The van der Waals surface area contributed by atoms with Crippen LogP contribution in [0, 0.1) is 7.14 Å². The van der Waals surface area contributed by atoms with Crippen LogP contribution in [0.3, 0.4) is 0 Å². The first-order chi connectivity index (χ1) is 13.0. The predicted octanol–water partition coefficient (Wildman–Crippen LogP) is 4.92. The van der Waals surface area contributed by atoms with Gasteiger partial charge in [-0.2, -0.15) is 5.10 Å². The molecule has 3 rings (SSSR count). The number of nitrogens with zero attached hydrogens (tertiary/aromatic N) is 1. The number of hydrazone groups is 1. The van der Waals surface area contributed by atoms with Gasteiger partial charge in [-0.25, -0.2) is 5.43 Å². The zero-order valence-corrected chi connectivity index (χ0v) is 18.7. The number of carbonyl (C=O) groups excluding carboxylic acids is 1. The Morgan fingerprint density at radius 2 is 1.78 bits per heavy atom. The number of carbonyl (C=O) groups is 1. The van der Waals surface area contributed by atoms with Crippen LogP contribution in [0.5, 0.6) is 11.5 Å². The van der Waals surface area contributed by atoms with Crippen molar-refractivity contribution in [1.82, 2.24) is 5.43 Å². The molecule has 0 radical (unpaired) electrons. The van der Waals surface area contributed by atoms with Crippen LogP contribution < -0.4 is 10.2 Å². The molecule has 0 heterocycles. The average Bonchev–Trinajstić information content (AvgIpc) is 2.64. The van der Waals surface area contributed by atoms with Crippen molar-refractivity contribution in [2.45, 2.75) is 6.92 Å². The minimum atomic E-state index is -0.468. The molecule has 0 aliphatic carbocycles. The van der Waals surface area contributed by atoms with Gasteiger partial charge in [0.2, 0.25) is 0 Å². The highest BCUT2D eigenvalue weighted by Gasteiger charge is 2.12. The number of amides is 1. The normalized spacial score (nSPS) is 11.1. The maximum atomic E-state index is 12.4. The van der Waals surface area contributed by atoms with Crippen molar-refractivity contribution in [3.05, 3.63) is 66.8 Å². The van der Waals surface area contributed by atoms with Gasteiger partial charge >= 0.3 is 0 Å². The second kappa shape index (κ2) is 8.87. The molecular weight excluding hydrogens is 570 g/mol. The standard InChI is InChI=1S/C20H16I2N2O3/c1-2-27-19-16(21)7-12(8-17(19)22)11-23-24-20(26)15-9-13-5-3-4-6-14(13)10-18(15)25/h3-11,25H,2H2,1H3,(H,24,26). The monoisotopic (exact) mass is 586 g/mol. The highest BCUT2D eigenvalue weighted by molar-refractivity contribution is 14.1. The van der Waals surface area contributed by atoms with Crippen molar-refractivity contribution in [2.24, 2.45) is 5.10 Å². The number of hydrogen-bond acceptors (Lipinski definition) is 4. The van der Waals surface area contributed by atoms with Gasteiger partial charge in [-0.15, -0.1) is 0 Å². The second-order valence-electron chi connectivity index (χ2n) is 5.66. The molecule has 0 bridgehead atoms. The number of phenolic OH excluding ortho intramolecular Hbond substituents is 1. The molecule has 1 amide bonds. The van der Waals surface area contributed by atoms with Gasteiger partial charge < -0.3 is 9.84 Å². The van der Waals surface area contributed by atoms with Crippen molar-refractivity contribution < 1.29 is 14.6 Å². The molecule has 0 aromatic heterocycles. The molecule has 138 valence electrons. The van der Waals surface area contributed by atoms with Crippen LogP contribution in [0.15, 0.2) is 53.6 Å². The summed E-state index contributed by atoms with van der Waals surface area (Å²) >= 11 is 4.42. The number of fused-ring (bicyclic) bond motifs is 1.